The number of nitrogens with zero attached hydrogens (tertiary/aromatic N) is 4. The minimum atomic E-state index is -0.0205. The molecule has 0 aliphatic rings. The Balaban J connectivity index is 2.37. The van der Waals surface area contributed by atoms with E-state index in [0.717, 1.165) is 17.8 Å². The van der Waals surface area contributed by atoms with E-state index >= 15 is 0 Å². The van der Waals surface area contributed by atoms with E-state index in [0.29, 0.717) is 18.1 Å². The van der Waals surface area contributed by atoms with Gasteiger partial charge in [-0.25, -0.2) is 4.79 Å². The van der Waals surface area contributed by atoms with Gasteiger partial charge in [0.2, 0.25) is 0 Å². The number of aryl methyl sites for hydroxylation is 3. The molecular formula is C12H17ClN4O. The van der Waals surface area contributed by atoms with Crippen LogP contribution in [0.3, 0.4) is 0 Å². The smallest absolute Gasteiger partial charge is 0.300 e. The first-order valence-corrected chi connectivity index (χ1v) is 6.42. The Kier molecular flexibility index (Phi) is 3.61. The Morgan fingerprint density at radius 2 is 1.94 bits per heavy atom. The molecule has 0 amide bonds. The van der Waals surface area contributed by atoms with Gasteiger partial charge >= 0.3 is 5.69 Å². The maximum absolute atomic E-state index is 12.0. The maximum atomic E-state index is 12.0. The highest BCUT2D eigenvalue weighted by Crippen LogP contribution is 2.21. The predicted molar refractivity (Wildman–Crippen MR) is 71.1 cm³/mol. The summed E-state index contributed by atoms with van der Waals surface area (Å²) in [6.07, 6.45) is 4.35. The molecule has 2 aromatic heterocycles. The summed E-state index contributed by atoms with van der Waals surface area (Å²) in [4.78, 5) is 12.0. The average molecular weight is 269 g/mol. The first-order chi connectivity index (χ1) is 8.58. The molecule has 0 aromatic carbocycles. The zero-order valence-corrected chi connectivity index (χ0v) is 11.6. The van der Waals surface area contributed by atoms with Crippen LogP contribution < -0.4 is 5.69 Å². The Hall–Kier alpha value is -1.49. The van der Waals surface area contributed by atoms with Gasteiger partial charge < -0.3 is 0 Å². The second-order valence-corrected chi connectivity index (χ2v) is 4.56. The van der Waals surface area contributed by atoms with Crippen molar-refractivity contribution in [3.05, 3.63) is 39.3 Å². The molecule has 0 aliphatic heterocycles. The molecule has 2 heterocycles. The number of aromatic nitrogens is 4. The van der Waals surface area contributed by atoms with Crippen molar-refractivity contribution in [2.75, 3.05) is 0 Å². The molecule has 18 heavy (non-hydrogen) atoms. The van der Waals surface area contributed by atoms with Gasteiger partial charge in [0, 0.05) is 26.0 Å². The molecular weight excluding hydrogens is 252 g/mol. The van der Waals surface area contributed by atoms with Crippen LogP contribution in [0, 0.1) is 0 Å². The van der Waals surface area contributed by atoms with Gasteiger partial charge in [-0.1, -0.05) is 18.5 Å². The monoisotopic (exact) mass is 268 g/mol. The quantitative estimate of drug-likeness (QED) is 0.847. The van der Waals surface area contributed by atoms with Gasteiger partial charge in [0.15, 0.2) is 0 Å². The number of hydrogen-bond donors (Lipinski definition) is 0. The van der Waals surface area contributed by atoms with E-state index in [4.69, 9.17) is 11.6 Å². The highest BCUT2D eigenvalue weighted by molar-refractivity contribution is 6.31. The molecule has 0 radical (unpaired) electrons. The zero-order valence-electron chi connectivity index (χ0n) is 10.9. The summed E-state index contributed by atoms with van der Waals surface area (Å²) in [6, 6.07) is 0. The maximum Gasteiger partial charge on any atom is 0.328 e. The van der Waals surface area contributed by atoms with Crippen LogP contribution in [0.1, 0.15) is 25.2 Å². The number of halogens is 1. The Bertz CT molecular complexity index is 608. The van der Waals surface area contributed by atoms with Crippen LogP contribution in [0.2, 0.25) is 5.02 Å². The fourth-order valence-electron chi connectivity index (χ4n) is 1.97. The summed E-state index contributed by atoms with van der Waals surface area (Å²) in [5, 5.41) is 5.01. The second-order valence-electron chi connectivity index (χ2n) is 4.18. The van der Waals surface area contributed by atoms with Crippen molar-refractivity contribution in [1.82, 2.24) is 18.9 Å². The molecule has 0 atom stereocenters. The lowest BCUT2D eigenvalue weighted by Crippen LogP contribution is -2.24. The minimum absolute atomic E-state index is 0.0205. The van der Waals surface area contributed by atoms with Gasteiger partial charge in [0.25, 0.3) is 0 Å². The molecule has 2 aromatic rings. The van der Waals surface area contributed by atoms with Gasteiger partial charge in [-0.2, -0.15) is 5.10 Å². The first kappa shape index (κ1) is 13.0. The van der Waals surface area contributed by atoms with Crippen LogP contribution in [0.15, 0.2) is 17.2 Å². The van der Waals surface area contributed by atoms with Crippen molar-refractivity contribution in [2.45, 2.75) is 33.4 Å². The molecule has 2 rings (SSSR count). The van der Waals surface area contributed by atoms with Crippen LogP contribution in [0.25, 0.3) is 0 Å². The van der Waals surface area contributed by atoms with E-state index in [9.17, 15) is 4.79 Å². The van der Waals surface area contributed by atoms with Crippen molar-refractivity contribution in [3.63, 3.8) is 0 Å². The third-order valence-electron chi connectivity index (χ3n) is 3.08. The lowest BCUT2D eigenvalue weighted by Gasteiger charge is -2.03. The topological polar surface area (TPSA) is 44.8 Å². The van der Waals surface area contributed by atoms with Crippen molar-refractivity contribution in [1.29, 1.82) is 0 Å². The molecule has 0 aliphatic carbocycles. The van der Waals surface area contributed by atoms with Crippen molar-refractivity contribution in [2.24, 2.45) is 7.05 Å². The summed E-state index contributed by atoms with van der Waals surface area (Å²) >= 11 is 6.27. The normalized spacial score (nSPS) is 11.1. The summed E-state index contributed by atoms with van der Waals surface area (Å²) in [5.74, 6) is 0. The number of imidazole rings is 1. The van der Waals surface area contributed by atoms with Gasteiger partial charge in [-0.05, 0) is 13.3 Å². The van der Waals surface area contributed by atoms with E-state index in [2.05, 4.69) is 5.10 Å². The molecule has 0 spiro atoms. The van der Waals surface area contributed by atoms with Gasteiger partial charge in [-0.15, -0.1) is 0 Å². The predicted octanol–water partition coefficient (Wildman–Crippen LogP) is 1.67. The summed E-state index contributed by atoms with van der Waals surface area (Å²) in [7, 11) is 1.85. The molecule has 0 unspecified atom stereocenters. The van der Waals surface area contributed by atoms with Crippen molar-refractivity contribution >= 4 is 11.6 Å². The Morgan fingerprint density at radius 3 is 2.44 bits per heavy atom. The molecule has 5 nitrogen and oxygen atoms in total. The number of hydrogen-bond acceptors (Lipinski definition) is 2. The lowest BCUT2D eigenvalue weighted by molar-refractivity contribution is 0.625. The summed E-state index contributed by atoms with van der Waals surface area (Å²) in [5.41, 5.74) is 1.72. The SMILES string of the molecule is CCc1nn(C)c(Cn2ccn(CC)c2=O)c1Cl. The highest BCUT2D eigenvalue weighted by Gasteiger charge is 2.14. The lowest BCUT2D eigenvalue weighted by atomic mass is 10.3. The molecule has 0 N–H and O–H groups in total. The summed E-state index contributed by atoms with van der Waals surface area (Å²) < 4.78 is 5.05. The summed E-state index contributed by atoms with van der Waals surface area (Å²) in [6.45, 7) is 5.08. The van der Waals surface area contributed by atoms with Gasteiger partial charge in [0.1, 0.15) is 0 Å². The third-order valence-corrected chi connectivity index (χ3v) is 3.52. The van der Waals surface area contributed by atoms with E-state index in [1.54, 1.807) is 26.2 Å². The second kappa shape index (κ2) is 5.02. The van der Waals surface area contributed by atoms with Crippen LogP contribution in [0.5, 0.6) is 0 Å². The zero-order chi connectivity index (χ0) is 13.3. The molecule has 6 heteroatoms. The molecule has 0 fully saturated rings. The van der Waals surface area contributed by atoms with Crippen LogP contribution in [-0.4, -0.2) is 18.9 Å². The third kappa shape index (κ3) is 2.10. The molecule has 98 valence electrons. The van der Waals surface area contributed by atoms with E-state index in [1.165, 1.54) is 0 Å². The largest absolute Gasteiger partial charge is 0.328 e. The average Bonchev–Trinajstić information content (AvgIpc) is 2.84. The highest BCUT2D eigenvalue weighted by atomic mass is 35.5. The fraction of sp³-hybridized carbons (Fsp3) is 0.500. The van der Waals surface area contributed by atoms with E-state index in [1.807, 2.05) is 20.9 Å². The molecule has 0 saturated heterocycles. The molecule has 0 bridgehead atoms. The van der Waals surface area contributed by atoms with Crippen LogP contribution >= 0.6 is 11.6 Å². The minimum Gasteiger partial charge on any atom is -0.300 e. The van der Waals surface area contributed by atoms with Gasteiger partial charge in [-0.3, -0.25) is 13.8 Å². The van der Waals surface area contributed by atoms with Gasteiger partial charge in [0.05, 0.1) is 23.0 Å². The van der Waals surface area contributed by atoms with Crippen LogP contribution in [0.4, 0.5) is 0 Å². The molecule has 0 saturated carbocycles. The standard InChI is InChI=1S/C12H17ClN4O/c1-4-9-11(13)10(15(3)14-9)8-17-7-6-16(5-2)12(17)18/h6-7H,4-5,8H2,1-3H3. The first-order valence-electron chi connectivity index (χ1n) is 6.04. The fourth-order valence-corrected chi connectivity index (χ4v) is 2.32. The van der Waals surface area contributed by atoms with Crippen molar-refractivity contribution < 1.29 is 0 Å². The Morgan fingerprint density at radius 1 is 1.28 bits per heavy atom. The van der Waals surface area contributed by atoms with Crippen molar-refractivity contribution in [3.8, 4) is 0 Å². The Labute approximate surface area is 111 Å². The van der Waals surface area contributed by atoms with Crippen LogP contribution in [-0.2, 0) is 26.6 Å². The van der Waals surface area contributed by atoms with E-state index in [-0.39, 0.29) is 5.69 Å². The van der Waals surface area contributed by atoms with E-state index < -0.39 is 0 Å². The number of rotatable bonds is 4.